The second kappa shape index (κ2) is 9.12. The van der Waals surface area contributed by atoms with Gasteiger partial charge >= 0.3 is 0 Å². The van der Waals surface area contributed by atoms with Gasteiger partial charge in [-0.25, -0.2) is 4.98 Å². The van der Waals surface area contributed by atoms with Crippen molar-refractivity contribution in [1.82, 2.24) is 10.3 Å². The molecule has 0 saturated heterocycles. The summed E-state index contributed by atoms with van der Waals surface area (Å²) in [6, 6.07) is 11.8. The normalized spacial score (nSPS) is 14.2. The molecule has 146 valence electrons. The van der Waals surface area contributed by atoms with E-state index in [0.29, 0.717) is 11.4 Å². The van der Waals surface area contributed by atoms with E-state index in [-0.39, 0.29) is 29.2 Å². The van der Waals surface area contributed by atoms with Gasteiger partial charge in [0.25, 0.3) is 11.8 Å². The highest BCUT2D eigenvalue weighted by atomic mass is 16.2. The van der Waals surface area contributed by atoms with Gasteiger partial charge in [-0.05, 0) is 49.2 Å². The van der Waals surface area contributed by atoms with E-state index in [1.807, 2.05) is 0 Å². The van der Waals surface area contributed by atoms with Gasteiger partial charge in [-0.3, -0.25) is 14.4 Å². The largest absolute Gasteiger partial charge is 0.348 e. The Balaban J connectivity index is 1.63. The Morgan fingerprint density at radius 1 is 0.821 bits per heavy atom. The fourth-order valence-electron chi connectivity index (χ4n) is 3.23. The molecule has 1 aliphatic rings. The van der Waals surface area contributed by atoms with Crippen LogP contribution in [0.5, 0.6) is 0 Å². The summed E-state index contributed by atoms with van der Waals surface area (Å²) in [6.45, 7) is 1.43. The number of amides is 3. The van der Waals surface area contributed by atoms with Gasteiger partial charge in [0.1, 0.15) is 11.4 Å². The van der Waals surface area contributed by atoms with Crippen LogP contribution in [-0.4, -0.2) is 28.7 Å². The maximum absolute atomic E-state index is 12.5. The predicted octanol–water partition coefficient (Wildman–Crippen LogP) is 3.35. The number of carbonyl (C=O) groups is 3. The zero-order valence-electron chi connectivity index (χ0n) is 15.8. The Morgan fingerprint density at radius 3 is 2.00 bits per heavy atom. The molecule has 28 heavy (non-hydrogen) atoms. The van der Waals surface area contributed by atoms with E-state index in [0.717, 1.165) is 25.7 Å². The predicted molar refractivity (Wildman–Crippen MR) is 107 cm³/mol. The average molecular weight is 380 g/mol. The van der Waals surface area contributed by atoms with E-state index in [1.54, 1.807) is 42.5 Å². The standard InChI is InChI=1S/C21H24N4O3/c1-14(26)22-16-10-12-17(13-11-16)24-21(28)19-9-5-8-18(25-19)20(27)23-15-6-3-2-4-7-15/h5,8-13,15H,2-4,6-7H2,1H3,(H,22,26)(H,23,27)(H,24,28). The highest BCUT2D eigenvalue weighted by molar-refractivity contribution is 6.04. The van der Waals surface area contributed by atoms with Crippen LogP contribution in [0, 0.1) is 0 Å². The summed E-state index contributed by atoms with van der Waals surface area (Å²) in [5, 5.41) is 8.41. The van der Waals surface area contributed by atoms with Crippen LogP contribution in [-0.2, 0) is 4.79 Å². The molecule has 3 rings (SSSR count). The summed E-state index contributed by atoms with van der Waals surface area (Å²) in [4.78, 5) is 40.2. The fourth-order valence-corrected chi connectivity index (χ4v) is 3.23. The first kappa shape index (κ1) is 19.5. The van der Waals surface area contributed by atoms with Crippen LogP contribution < -0.4 is 16.0 Å². The number of carbonyl (C=O) groups excluding carboxylic acids is 3. The molecular weight excluding hydrogens is 356 g/mol. The van der Waals surface area contributed by atoms with Crippen LogP contribution in [0.25, 0.3) is 0 Å². The molecule has 1 saturated carbocycles. The lowest BCUT2D eigenvalue weighted by atomic mass is 9.95. The van der Waals surface area contributed by atoms with Gasteiger partial charge in [-0.15, -0.1) is 0 Å². The maximum atomic E-state index is 12.5. The van der Waals surface area contributed by atoms with Crippen molar-refractivity contribution in [2.75, 3.05) is 10.6 Å². The molecule has 3 amide bonds. The van der Waals surface area contributed by atoms with Gasteiger partial charge in [0.2, 0.25) is 5.91 Å². The lowest BCUT2D eigenvalue weighted by Gasteiger charge is -2.22. The van der Waals surface area contributed by atoms with E-state index in [1.165, 1.54) is 13.3 Å². The van der Waals surface area contributed by atoms with Gasteiger partial charge in [0, 0.05) is 24.3 Å². The minimum absolute atomic E-state index is 0.163. The second-order valence-corrected chi connectivity index (χ2v) is 6.93. The monoisotopic (exact) mass is 380 g/mol. The Morgan fingerprint density at radius 2 is 1.39 bits per heavy atom. The fraction of sp³-hybridized carbons (Fsp3) is 0.333. The SMILES string of the molecule is CC(=O)Nc1ccc(NC(=O)c2cccc(C(=O)NC3CCCCC3)n2)cc1. The van der Waals surface area contributed by atoms with E-state index in [2.05, 4.69) is 20.9 Å². The summed E-state index contributed by atoms with van der Waals surface area (Å²) in [5.41, 5.74) is 1.62. The number of rotatable bonds is 5. The van der Waals surface area contributed by atoms with Gasteiger partial charge < -0.3 is 16.0 Å². The average Bonchev–Trinajstić information content (AvgIpc) is 2.70. The Bertz CT molecular complexity index is 858. The van der Waals surface area contributed by atoms with Crippen LogP contribution in [0.4, 0.5) is 11.4 Å². The number of hydrogen-bond donors (Lipinski definition) is 3. The smallest absolute Gasteiger partial charge is 0.274 e. The number of pyridine rings is 1. The molecule has 0 radical (unpaired) electrons. The van der Waals surface area contributed by atoms with Crippen LogP contribution in [0.3, 0.4) is 0 Å². The van der Waals surface area contributed by atoms with Crippen molar-refractivity contribution < 1.29 is 14.4 Å². The van der Waals surface area contributed by atoms with Crippen molar-refractivity contribution in [2.45, 2.75) is 45.1 Å². The summed E-state index contributed by atoms with van der Waals surface area (Å²) in [6.07, 6.45) is 5.44. The molecule has 2 aromatic rings. The Hall–Kier alpha value is -3.22. The van der Waals surface area contributed by atoms with Crippen LogP contribution in [0.1, 0.15) is 60.0 Å². The van der Waals surface area contributed by atoms with Crippen molar-refractivity contribution in [3.05, 3.63) is 53.9 Å². The van der Waals surface area contributed by atoms with Crippen LogP contribution in [0.15, 0.2) is 42.5 Å². The number of aromatic nitrogens is 1. The highest BCUT2D eigenvalue weighted by Gasteiger charge is 2.18. The highest BCUT2D eigenvalue weighted by Crippen LogP contribution is 2.18. The second-order valence-electron chi connectivity index (χ2n) is 6.93. The van der Waals surface area contributed by atoms with Gasteiger partial charge in [-0.2, -0.15) is 0 Å². The maximum Gasteiger partial charge on any atom is 0.274 e. The number of benzene rings is 1. The summed E-state index contributed by atoms with van der Waals surface area (Å²) < 4.78 is 0. The molecule has 0 unspecified atom stereocenters. The van der Waals surface area contributed by atoms with Crippen molar-refractivity contribution in [2.24, 2.45) is 0 Å². The lowest BCUT2D eigenvalue weighted by Crippen LogP contribution is -2.36. The van der Waals surface area contributed by atoms with Crippen LogP contribution >= 0.6 is 0 Å². The third-order valence-corrected chi connectivity index (χ3v) is 4.62. The molecule has 1 aliphatic carbocycles. The molecule has 1 fully saturated rings. The molecule has 1 heterocycles. The first-order valence-electron chi connectivity index (χ1n) is 9.48. The molecule has 0 aliphatic heterocycles. The van der Waals surface area contributed by atoms with E-state index < -0.39 is 5.91 Å². The van der Waals surface area contributed by atoms with Crippen molar-refractivity contribution >= 4 is 29.1 Å². The number of anilines is 2. The van der Waals surface area contributed by atoms with Crippen molar-refractivity contribution in [3.8, 4) is 0 Å². The lowest BCUT2D eigenvalue weighted by molar-refractivity contribution is -0.114. The number of nitrogens with one attached hydrogen (secondary N) is 3. The quantitative estimate of drug-likeness (QED) is 0.740. The third-order valence-electron chi connectivity index (χ3n) is 4.62. The first-order valence-corrected chi connectivity index (χ1v) is 9.48. The zero-order chi connectivity index (χ0) is 19.9. The molecule has 1 aromatic carbocycles. The molecule has 3 N–H and O–H groups in total. The summed E-state index contributed by atoms with van der Waals surface area (Å²) >= 11 is 0. The van der Waals surface area contributed by atoms with Crippen molar-refractivity contribution in [1.29, 1.82) is 0 Å². The molecule has 0 bridgehead atoms. The molecule has 1 aromatic heterocycles. The Labute approximate surface area is 163 Å². The van der Waals surface area contributed by atoms with Crippen LogP contribution in [0.2, 0.25) is 0 Å². The van der Waals surface area contributed by atoms with E-state index in [9.17, 15) is 14.4 Å². The Kier molecular flexibility index (Phi) is 6.37. The minimum Gasteiger partial charge on any atom is -0.348 e. The number of hydrogen-bond acceptors (Lipinski definition) is 4. The topological polar surface area (TPSA) is 100 Å². The van der Waals surface area contributed by atoms with E-state index in [4.69, 9.17) is 0 Å². The number of nitrogens with zero attached hydrogens (tertiary/aromatic N) is 1. The first-order chi connectivity index (χ1) is 13.5. The molecule has 0 spiro atoms. The molecule has 0 atom stereocenters. The van der Waals surface area contributed by atoms with Gasteiger partial charge in [-0.1, -0.05) is 25.3 Å². The van der Waals surface area contributed by atoms with E-state index >= 15 is 0 Å². The zero-order valence-corrected chi connectivity index (χ0v) is 15.8. The molecular formula is C21H24N4O3. The van der Waals surface area contributed by atoms with Crippen molar-refractivity contribution in [3.63, 3.8) is 0 Å². The molecule has 7 heteroatoms. The summed E-state index contributed by atoms with van der Waals surface area (Å²) in [7, 11) is 0. The minimum atomic E-state index is -0.403. The summed E-state index contributed by atoms with van der Waals surface area (Å²) in [5.74, 6) is -0.815. The van der Waals surface area contributed by atoms with Gasteiger partial charge in [0.05, 0.1) is 0 Å². The van der Waals surface area contributed by atoms with Gasteiger partial charge in [0.15, 0.2) is 0 Å². The molecule has 7 nitrogen and oxygen atoms in total. The third kappa shape index (κ3) is 5.39.